The molecule has 0 bridgehead atoms. The second kappa shape index (κ2) is 6.53. The van der Waals surface area contributed by atoms with Crippen LogP contribution < -0.4 is 0 Å². The summed E-state index contributed by atoms with van der Waals surface area (Å²) in [6.07, 6.45) is -0.609. The Labute approximate surface area is 103 Å². The van der Waals surface area contributed by atoms with Gasteiger partial charge in [0.15, 0.2) is 0 Å². The van der Waals surface area contributed by atoms with Crippen molar-refractivity contribution in [1.82, 2.24) is 0 Å². The Morgan fingerprint density at radius 1 is 1.47 bits per heavy atom. The van der Waals surface area contributed by atoms with Crippen LogP contribution in [-0.2, 0) is 5.75 Å². The van der Waals surface area contributed by atoms with E-state index >= 15 is 0 Å². The van der Waals surface area contributed by atoms with Crippen molar-refractivity contribution in [3.63, 3.8) is 0 Å². The van der Waals surface area contributed by atoms with E-state index in [0.29, 0.717) is 5.75 Å². The van der Waals surface area contributed by atoms with Crippen LogP contribution in [-0.4, -0.2) is 28.7 Å². The topological polar surface area (TPSA) is 40.5 Å². The van der Waals surface area contributed by atoms with Crippen LogP contribution in [0, 0.1) is 6.92 Å². The minimum atomic E-state index is -0.609. The van der Waals surface area contributed by atoms with E-state index in [1.165, 1.54) is 11.1 Å². The number of hydrogen-bond donors (Lipinski definition) is 2. The predicted octanol–water partition coefficient (Wildman–Crippen LogP) is 2.34. The molecule has 15 heavy (non-hydrogen) atoms. The monoisotopic (exact) mass is 290 g/mol. The molecule has 0 radical (unpaired) electrons. The summed E-state index contributed by atoms with van der Waals surface area (Å²) in [7, 11) is 0. The molecular formula is C11H15BrO2S. The molecule has 0 aliphatic rings. The molecular weight excluding hydrogens is 276 g/mol. The lowest BCUT2D eigenvalue weighted by Crippen LogP contribution is -2.14. The van der Waals surface area contributed by atoms with Crippen molar-refractivity contribution in [3.8, 4) is 0 Å². The van der Waals surface area contributed by atoms with Crippen molar-refractivity contribution in [1.29, 1.82) is 0 Å². The zero-order valence-electron chi connectivity index (χ0n) is 8.61. The summed E-state index contributed by atoms with van der Waals surface area (Å²) >= 11 is 5.11. The van der Waals surface area contributed by atoms with E-state index in [1.54, 1.807) is 11.8 Å². The normalized spacial score (nSPS) is 12.8. The van der Waals surface area contributed by atoms with Crippen LogP contribution in [0.3, 0.4) is 0 Å². The van der Waals surface area contributed by atoms with E-state index < -0.39 is 6.10 Å². The highest BCUT2D eigenvalue weighted by molar-refractivity contribution is 9.10. The minimum Gasteiger partial charge on any atom is -0.394 e. The molecule has 0 saturated carbocycles. The summed E-state index contributed by atoms with van der Waals surface area (Å²) < 4.78 is 1.11. The first kappa shape index (κ1) is 13.0. The highest BCUT2D eigenvalue weighted by Gasteiger charge is 2.04. The zero-order chi connectivity index (χ0) is 11.3. The van der Waals surface area contributed by atoms with Crippen LogP contribution in [0.4, 0.5) is 0 Å². The van der Waals surface area contributed by atoms with Crippen molar-refractivity contribution in [2.24, 2.45) is 0 Å². The molecule has 84 valence electrons. The Kier molecular flexibility index (Phi) is 5.68. The number of rotatable bonds is 5. The molecule has 1 aromatic rings. The third-order valence-electron chi connectivity index (χ3n) is 2.16. The molecule has 0 aromatic heterocycles. The number of halogens is 1. The van der Waals surface area contributed by atoms with E-state index in [4.69, 9.17) is 5.11 Å². The third-order valence-corrected chi connectivity index (χ3v) is 4.15. The molecule has 0 aliphatic carbocycles. The first-order valence-electron chi connectivity index (χ1n) is 4.75. The largest absolute Gasteiger partial charge is 0.394 e. The van der Waals surface area contributed by atoms with Gasteiger partial charge in [-0.2, -0.15) is 11.8 Å². The summed E-state index contributed by atoms with van der Waals surface area (Å²) in [5, 5.41) is 17.8. The van der Waals surface area contributed by atoms with Crippen molar-refractivity contribution in [2.75, 3.05) is 12.4 Å². The first-order chi connectivity index (χ1) is 7.15. The number of aliphatic hydroxyl groups excluding tert-OH is 2. The fourth-order valence-electron chi connectivity index (χ4n) is 1.17. The van der Waals surface area contributed by atoms with Gasteiger partial charge in [0.1, 0.15) is 0 Å². The van der Waals surface area contributed by atoms with Gasteiger partial charge >= 0.3 is 0 Å². The smallest absolute Gasteiger partial charge is 0.0861 e. The Morgan fingerprint density at radius 2 is 2.20 bits per heavy atom. The lowest BCUT2D eigenvalue weighted by molar-refractivity contribution is 0.113. The van der Waals surface area contributed by atoms with Crippen LogP contribution in [0.5, 0.6) is 0 Å². The molecule has 1 rings (SSSR count). The Morgan fingerprint density at radius 3 is 2.87 bits per heavy atom. The molecule has 0 fully saturated rings. The van der Waals surface area contributed by atoms with Crippen molar-refractivity contribution >= 4 is 27.7 Å². The fourth-order valence-corrected chi connectivity index (χ4v) is 2.60. The molecule has 0 amide bonds. The highest BCUT2D eigenvalue weighted by atomic mass is 79.9. The van der Waals surface area contributed by atoms with Crippen LogP contribution in [0.2, 0.25) is 0 Å². The van der Waals surface area contributed by atoms with Crippen LogP contribution >= 0.6 is 27.7 Å². The van der Waals surface area contributed by atoms with Crippen molar-refractivity contribution in [3.05, 3.63) is 33.8 Å². The predicted molar refractivity (Wildman–Crippen MR) is 68.1 cm³/mol. The molecule has 2 N–H and O–H groups in total. The number of benzene rings is 1. The summed E-state index contributed by atoms with van der Waals surface area (Å²) in [5.74, 6) is 1.44. The lowest BCUT2D eigenvalue weighted by Gasteiger charge is -2.09. The SMILES string of the molecule is Cc1c(Br)cccc1CSC[C@@H](O)CO. The van der Waals surface area contributed by atoms with E-state index in [0.717, 1.165) is 10.2 Å². The maximum atomic E-state index is 9.18. The molecule has 0 spiro atoms. The van der Waals surface area contributed by atoms with Gasteiger partial charge in [-0.15, -0.1) is 0 Å². The fraction of sp³-hybridized carbons (Fsp3) is 0.455. The van der Waals surface area contributed by atoms with E-state index in [9.17, 15) is 5.11 Å². The molecule has 1 aromatic carbocycles. The van der Waals surface area contributed by atoms with Gasteiger partial charge < -0.3 is 10.2 Å². The average Bonchev–Trinajstić information content (AvgIpc) is 2.24. The molecule has 0 aliphatic heterocycles. The molecule has 0 saturated heterocycles. The molecule has 4 heteroatoms. The molecule has 1 atom stereocenters. The van der Waals surface area contributed by atoms with E-state index in [2.05, 4.69) is 28.9 Å². The van der Waals surface area contributed by atoms with Gasteiger partial charge in [-0.1, -0.05) is 28.1 Å². The summed E-state index contributed by atoms with van der Waals surface area (Å²) in [6.45, 7) is 1.91. The standard InChI is InChI=1S/C11H15BrO2S/c1-8-9(3-2-4-11(8)12)6-15-7-10(14)5-13/h2-4,10,13-14H,5-7H2,1H3/t10-/m0/s1. The second-order valence-electron chi connectivity index (χ2n) is 3.38. The Bertz CT molecular complexity index is 317. The first-order valence-corrected chi connectivity index (χ1v) is 6.70. The van der Waals surface area contributed by atoms with Gasteiger partial charge in [-0.3, -0.25) is 0 Å². The lowest BCUT2D eigenvalue weighted by atomic mass is 10.1. The maximum absolute atomic E-state index is 9.18. The zero-order valence-corrected chi connectivity index (χ0v) is 11.0. The quantitative estimate of drug-likeness (QED) is 0.875. The Hall–Kier alpha value is -0.0300. The number of aliphatic hydroxyl groups is 2. The highest BCUT2D eigenvalue weighted by Crippen LogP contribution is 2.23. The summed E-state index contributed by atoms with van der Waals surface area (Å²) in [4.78, 5) is 0. The van der Waals surface area contributed by atoms with Crippen LogP contribution in [0.15, 0.2) is 22.7 Å². The van der Waals surface area contributed by atoms with Crippen molar-refractivity contribution < 1.29 is 10.2 Å². The summed E-state index contributed by atoms with van der Waals surface area (Å²) in [5.41, 5.74) is 2.50. The average molecular weight is 291 g/mol. The molecule has 0 unspecified atom stereocenters. The third kappa shape index (κ3) is 4.15. The van der Waals surface area contributed by atoms with Crippen LogP contribution in [0.25, 0.3) is 0 Å². The number of hydrogen-bond acceptors (Lipinski definition) is 3. The van der Waals surface area contributed by atoms with Gasteiger partial charge in [-0.25, -0.2) is 0 Å². The van der Waals surface area contributed by atoms with Gasteiger partial charge in [0.25, 0.3) is 0 Å². The van der Waals surface area contributed by atoms with Gasteiger partial charge in [0.05, 0.1) is 12.7 Å². The van der Waals surface area contributed by atoms with Gasteiger partial charge in [0, 0.05) is 16.0 Å². The maximum Gasteiger partial charge on any atom is 0.0861 e. The Balaban J connectivity index is 2.47. The van der Waals surface area contributed by atoms with Crippen molar-refractivity contribution in [2.45, 2.75) is 18.8 Å². The number of thioether (sulfide) groups is 1. The van der Waals surface area contributed by atoms with E-state index in [-0.39, 0.29) is 6.61 Å². The van der Waals surface area contributed by atoms with Crippen LogP contribution in [0.1, 0.15) is 11.1 Å². The molecule has 0 heterocycles. The van der Waals surface area contributed by atoms with Gasteiger partial charge in [0.2, 0.25) is 0 Å². The molecule has 2 nitrogen and oxygen atoms in total. The minimum absolute atomic E-state index is 0.162. The van der Waals surface area contributed by atoms with E-state index in [1.807, 2.05) is 12.1 Å². The summed E-state index contributed by atoms with van der Waals surface area (Å²) in [6, 6.07) is 6.11. The van der Waals surface area contributed by atoms with Gasteiger partial charge in [-0.05, 0) is 24.1 Å². The second-order valence-corrected chi connectivity index (χ2v) is 5.26.